The Balaban J connectivity index is 3.88. The van der Waals surface area contributed by atoms with E-state index >= 15 is 0 Å². The monoisotopic (exact) mass is 158 g/mol. The minimum atomic E-state index is -4.16. The van der Waals surface area contributed by atoms with Gasteiger partial charge in [-0.25, -0.2) is 0 Å². The lowest BCUT2D eigenvalue weighted by atomic mass is 10.1. The van der Waals surface area contributed by atoms with Crippen molar-refractivity contribution in [3.05, 3.63) is 0 Å². The molecule has 1 atom stereocenters. The van der Waals surface area contributed by atoms with E-state index in [-0.39, 0.29) is 0 Å². The SMILES string of the molecule is CC(C)C(S)C(F)(F)F. The van der Waals surface area contributed by atoms with E-state index in [1.54, 1.807) is 0 Å². The van der Waals surface area contributed by atoms with Gasteiger partial charge >= 0.3 is 6.18 Å². The highest BCUT2D eigenvalue weighted by Crippen LogP contribution is 2.29. The van der Waals surface area contributed by atoms with Crippen molar-refractivity contribution in [2.24, 2.45) is 5.92 Å². The lowest BCUT2D eigenvalue weighted by molar-refractivity contribution is -0.135. The second-order valence-corrected chi connectivity index (χ2v) is 2.79. The van der Waals surface area contributed by atoms with E-state index < -0.39 is 17.3 Å². The highest BCUT2D eigenvalue weighted by molar-refractivity contribution is 7.81. The van der Waals surface area contributed by atoms with E-state index in [0.717, 1.165) is 0 Å². The smallest absolute Gasteiger partial charge is 0.170 e. The molecule has 0 heterocycles. The molecule has 0 aromatic carbocycles. The third kappa shape index (κ3) is 2.98. The van der Waals surface area contributed by atoms with Gasteiger partial charge in [-0.15, -0.1) is 0 Å². The Kier molecular flexibility index (Phi) is 2.86. The first-order chi connectivity index (χ1) is 3.85. The molecule has 0 radical (unpaired) electrons. The highest BCUT2D eigenvalue weighted by Gasteiger charge is 2.38. The van der Waals surface area contributed by atoms with Crippen LogP contribution < -0.4 is 0 Å². The molecule has 0 aliphatic rings. The summed E-state index contributed by atoms with van der Waals surface area (Å²) in [5.74, 6) is -0.451. The summed E-state index contributed by atoms with van der Waals surface area (Å²) >= 11 is 3.38. The number of halogens is 3. The van der Waals surface area contributed by atoms with E-state index in [1.807, 2.05) is 0 Å². The van der Waals surface area contributed by atoms with E-state index in [0.29, 0.717) is 0 Å². The van der Waals surface area contributed by atoms with Crippen LogP contribution in [0.4, 0.5) is 13.2 Å². The maximum atomic E-state index is 11.6. The maximum Gasteiger partial charge on any atom is 0.400 e. The minimum Gasteiger partial charge on any atom is -0.170 e. The molecule has 0 aliphatic carbocycles. The van der Waals surface area contributed by atoms with Gasteiger partial charge in [0.15, 0.2) is 0 Å². The van der Waals surface area contributed by atoms with Gasteiger partial charge in [-0.05, 0) is 5.92 Å². The van der Waals surface area contributed by atoms with E-state index in [9.17, 15) is 13.2 Å². The van der Waals surface area contributed by atoms with Crippen molar-refractivity contribution in [2.75, 3.05) is 0 Å². The second-order valence-electron chi connectivity index (χ2n) is 2.23. The predicted molar refractivity (Wildman–Crippen MR) is 33.7 cm³/mol. The average Bonchev–Trinajstić information content (AvgIpc) is 1.62. The summed E-state index contributed by atoms with van der Waals surface area (Å²) in [5.41, 5.74) is 0. The molecule has 0 rings (SSSR count). The van der Waals surface area contributed by atoms with Gasteiger partial charge in [0, 0.05) is 0 Å². The molecule has 0 aromatic rings. The van der Waals surface area contributed by atoms with Gasteiger partial charge < -0.3 is 0 Å². The number of alkyl halides is 3. The Labute approximate surface area is 57.9 Å². The molecule has 0 amide bonds. The van der Waals surface area contributed by atoms with Crippen LogP contribution in [-0.4, -0.2) is 11.4 Å². The van der Waals surface area contributed by atoms with Crippen molar-refractivity contribution in [1.29, 1.82) is 0 Å². The summed E-state index contributed by atoms with van der Waals surface area (Å²) in [5, 5.41) is -1.49. The molecule has 0 bridgehead atoms. The fraction of sp³-hybridized carbons (Fsp3) is 1.00. The molecule has 0 N–H and O–H groups in total. The Morgan fingerprint density at radius 2 is 1.56 bits per heavy atom. The standard InChI is InChI=1S/C5H9F3S/c1-3(2)4(9)5(6,7)8/h3-4,9H,1-2H3. The highest BCUT2D eigenvalue weighted by atomic mass is 32.1. The molecule has 56 valence electrons. The zero-order valence-corrected chi connectivity index (χ0v) is 6.13. The molecule has 0 aromatic heterocycles. The molecule has 0 spiro atoms. The van der Waals surface area contributed by atoms with Crippen LogP contribution in [0.25, 0.3) is 0 Å². The summed E-state index contributed by atoms with van der Waals surface area (Å²) < 4.78 is 34.9. The van der Waals surface area contributed by atoms with Crippen LogP contribution in [0.1, 0.15) is 13.8 Å². The van der Waals surface area contributed by atoms with Crippen LogP contribution in [-0.2, 0) is 0 Å². The van der Waals surface area contributed by atoms with Gasteiger partial charge in [-0.3, -0.25) is 0 Å². The molecule has 0 nitrogen and oxygen atoms in total. The average molecular weight is 158 g/mol. The van der Waals surface area contributed by atoms with Gasteiger partial charge in [0.05, 0.1) is 5.25 Å². The third-order valence-electron chi connectivity index (χ3n) is 0.967. The second kappa shape index (κ2) is 2.82. The number of hydrogen-bond acceptors (Lipinski definition) is 1. The summed E-state index contributed by atoms with van der Waals surface area (Å²) in [6, 6.07) is 0. The molecule has 1 unspecified atom stereocenters. The third-order valence-corrected chi connectivity index (χ3v) is 1.86. The molecule has 4 heteroatoms. The van der Waals surface area contributed by atoms with Crippen LogP contribution in [0.15, 0.2) is 0 Å². The minimum absolute atomic E-state index is 0.451. The molecule has 0 aliphatic heterocycles. The Morgan fingerprint density at radius 1 is 1.22 bits per heavy atom. The molecular weight excluding hydrogens is 149 g/mol. The van der Waals surface area contributed by atoms with Crippen molar-refractivity contribution in [3.8, 4) is 0 Å². The molecule has 9 heavy (non-hydrogen) atoms. The fourth-order valence-corrected chi connectivity index (χ4v) is 0.378. The Hall–Kier alpha value is 0.140. The Morgan fingerprint density at radius 3 is 1.56 bits per heavy atom. The predicted octanol–water partition coefficient (Wildman–Crippen LogP) is 2.50. The quantitative estimate of drug-likeness (QED) is 0.557. The first-order valence-electron chi connectivity index (χ1n) is 2.60. The summed E-state index contributed by atoms with van der Waals surface area (Å²) in [6.07, 6.45) is -4.16. The van der Waals surface area contributed by atoms with Gasteiger partial charge in [-0.1, -0.05) is 13.8 Å². The Bertz CT molecular complexity index is 86.7. The van der Waals surface area contributed by atoms with Crippen LogP contribution in [0.2, 0.25) is 0 Å². The summed E-state index contributed by atoms with van der Waals surface area (Å²) in [6.45, 7) is 2.98. The number of thiol groups is 1. The topological polar surface area (TPSA) is 0 Å². The number of hydrogen-bond donors (Lipinski definition) is 1. The summed E-state index contributed by atoms with van der Waals surface area (Å²) in [7, 11) is 0. The van der Waals surface area contributed by atoms with Crippen molar-refractivity contribution in [3.63, 3.8) is 0 Å². The van der Waals surface area contributed by atoms with E-state index in [4.69, 9.17) is 0 Å². The summed E-state index contributed by atoms with van der Waals surface area (Å²) in [4.78, 5) is 0. The van der Waals surface area contributed by atoms with Crippen LogP contribution in [0.5, 0.6) is 0 Å². The van der Waals surface area contributed by atoms with Gasteiger partial charge in [0.1, 0.15) is 0 Å². The van der Waals surface area contributed by atoms with Gasteiger partial charge in [0.25, 0.3) is 0 Å². The van der Waals surface area contributed by atoms with Crippen molar-refractivity contribution in [1.82, 2.24) is 0 Å². The van der Waals surface area contributed by atoms with E-state index in [1.165, 1.54) is 13.8 Å². The van der Waals surface area contributed by atoms with Gasteiger partial charge in [0.2, 0.25) is 0 Å². The fourth-order valence-electron chi connectivity index (χ4n) is 0.378. The first kappa shape index (κ1) is 9.14. The van der Waals surface area contributed by atoms with Crippen LogP contribution in [0, 0.1) is 5.92 Å². The van der Waals surface area contributed by atoms with Crippen molar-refractivity contribution < 1.29 is 13.2 Å². The maximum absolute atomic E-state index is 11.6. The van der Waals surface area contributed by atoms with Gasteiger partial charge in [-0.2, -0.15) is 25.8 Å². The van der Waals surface area contributed by atoms with Crippen LogP contribution >= 0.6 is 12.6 Å². The lowest BCUT2D eigenvalue weighted by Gasteiger charge is -2.17. The molecule has 0 saturated heterocycles. The molecular formula is C5H9F3S. The van der Waals surface area contributed by atoms with E-state index in [2.05, 4.69) is 12.6 Å². The van der Waals surface area contributed by atoms with Crippen molar-refractivity contribution >= 4 is 12.6 Å². The zero-order chi connectivity index (χ0) is 7.65. The molecule has 0 saturated carbocycles. The zero-order valence-electron chi connectivity index (χ0n) is 5.24. The van der Waals surface area contributed by atoms with Crippen LogP contribution in [0.3, 0.4) is 0 Å². The largest absolute Gasteiger partial charge is 0.400 e. The molecule has 0 fully saturated rings. The first-order valence-corrected chi connectivity index (χ1v) is 3.12. The van der Waals surface area contributed by atoms with Crippen molar-refractivity contribution in [2.45, 2.75) is 25.3 Å². The number of rotatable bonds is 1. The normalized spacial score (nSPS) is 16.3. The lowest BCUT2D eigenvalue weighted by Crippen LogP contribution is -2.28.